The van der Waals surface area contributed by atoms with E-state index < -0.39 is 29.7 Å². The number of nitrogens with zero attached hydrogens (tertiary/aromatic N) is 1. The normalized spacial score (nSPS) is 12.0. The van der Waals surface area contributed by atoms with Crippen molar-refractivity contribution in [3.8, 4) is 11.8 Å². The van der Waals surface area contributed by atoms with Crippen LogP contribution in [-0.2, 0) is 46.7 Å². The molecule has 0 spiro atoms. The Hall–Kier alpha value is -5.96. The zero-order valence-corrected chi connectivity index (χ0v) is 29.0. The highest BCUT2D eigenvalue weighted by Gasteiger charge is 2.25. The van der Waals surface area contributed by atoms with E-state index >= 15 is 0 Å². The summed E-state index contributed by atoms with van der Waals surface area (Å²) in [6, 6.07) is 21.0. The molecule has 4 rings (SSSR count). The summed E-state index contributed by atoms with van der Waals surface area (Å²) < 4.78 is 4.94. The number of benzene rings is 3. The number of amides is 5. The molecule has 0 bridgehead atoms. The van der Waals surface area contributed by atoms with Crippen LogP contribution in [0.1, 0.15) is 68.7 Å². The van der Waals surface area contributed by atoms with Crippen molar-refractivity contribution < 1.29 is 33.5 Å². The van der Waals surface area contributed by atoms with Gasteiger partial charge in [0.1, 0.15) is 12.6 Å². The summed E-state index contributed by atoms with van der Waals surface area (Å²) in [5.74, 6) is 3.91. The Labute approximate surface area is 297 Å². The highest BCUT2D eigenvalue weighted by atomic mass is 16.5. The molecule has 1 unspecified atom stereocenters. The maximum absolute atomic E-state index is 13.4. The average Bonchev–Trinajstić information content (AvgIpc) is 3.10. The van der Waals surface area contributed by atoms with E-state index in [9.17, 15) is 28.8 Å². The molecule has 0 radical (unpaired) electrons. The molecule has 0 saturated heterocycles. The lowest BCUT2D eigenvalue weighted by Gasteiger charge is -2.26. The zero-order valence-electron chi connectivity index (χ0n) is 29.0. The molecule has 1 aliphatic rings. The minimum absolute atomic E-state index is 0.0157. The molecule has 3 aromatic carbocycles. The quantitative estimate of drug-likeness (QED) is 0.140. The number of ether oxygens (including phenoxy) is 1. The van der Waals surface area contributed by atoms with Gasteiger partial charge in [-0.3, -0.25) is 28.8 Å². The summed E-state index contributed by atoms with van der Waals surface area (Å²) in [5, 5.41) is 10.7. The Morgan fingerprint density at radius 2 is 1.45 bits per heavy atom. The third kappa shape index (κ3) is 11.9. The Balaban J connectivity index is 1.16. The van der Waals surface area contributed by atoms with Gasteiger partial charge in [-0.1, -0.05) is 68.2 Å². The minimum Gasteiger partial charge on any atom is -0.461 e. The number of carbonyl (C=O) groups excluding carboxylic acids is 6. The van der Waals surface area contributed by atoms with Gasteiger partial charge in [0.25, 0.3) is 0 Å². The van der Waals surface area contributed by atoms with E-state index in [0.29, 0.717) is 12.2 Å². The van der Waals surface area contributed by atoms with Crippen LogP contribution in [0.2, 0.25) is 0 Å². The van der Waals surface area contributed by atoms with Crippen LogP contribution in [0.15, 0.2) is 72.8 Å². The summed E-state index contributed by atoms with van der Waals surface area (Å²) >= 11 is 0. The van der Waals surface area contributed by atoms with Gasteiger partial charge in [-0.05, 0) is 53.8 Å². The summed E-state index contributed by atoms with van der Waals surface area (Å²) in [6.45, 7) is 5.19. The molecule has 266 valence electrons. The number of anilines is 2. The molecular weight excluding hydrogens is 650 g/mol. The van der Waals surface area contributed by atoms with E-state index in [-0.39, 0.29) is 63.1 Å². The average molecular weight is 694 g/mol. The van der Waals surface area contributed by atoms with Crippen LogP contribution in [0.5, 0.6) is 0 Å². The van der Waals surface area contributed by atoms with Crippen LogP contribution < -0.4 is 26.2 Å². The van der Waals surface area contributed by atoms with Crippen LogP contribution >= 0.6 is 0 Å². The van der Waals surface area contributed by atoms with E-state index in [0.717, 1.165) is 27.9 Å². The first-order valence-electron chi connectivity index (χ1n) is 16.9. The van der Waals surface area contributed by atoms with Gasteiger partial charge in [0.05, 0.1) is 18.8 Å². The maximum atomic E-state index is 13.4. The third-order valence-electron chi connectivity index (χ3n) is 8.01. The second-order valence-electron chi connectivity index (χ2n) is 12.4. The van der Waals surface area contributed by atoms with Crippen molar-refractivity contribution in [3.63, 3.8) is 0 Å². The lowest BCUT2D eigenvalue weighted by molar-refractivity contribution is -0.142. The second kappa shape index (κ2) is 18.7. The van der Waals surface area contributed by atoms with Gasteiger partial charge in [0, 0.05) is 49.5 Å². The van der Waals surface area contributed by atoms with Gasteiger partial charge in [0.2, 0.25) is 29.5 Å². The molecule has 1 heterocycles. The number of hydrogen-bond donors (Lipinski definition) is 4. The highest BCUT2D eigenvalue weighted by Crippen LogP contribution is 2.26. The Kier molecular flexibility index (Phi) is 13.9. The predicted octanol–water partition coefficient (Wildman–Crippen LogP) is 3.57. The second-order valence-corrected chi connectivity index (χ2v) is 12.4. The van der Waals surface area contributed by atoms with Gasteiger partial charge in [-0.2, -0.15) is 0 Å². The molecule has 0 aromatic heterocycles. The van der Waals surface area contributed by atoms with Crippen molar-refractivity contribution in [3.05, 3.63) is 95.1 Å². The van der Waals surface area contributed by atoms with Crippen molar-refractivity contribution in [1.82, 2.24) is 16.0 Å². The summed E-state index contributed by atoms with van der Waals surface area (Å²) in [6.07, 6.45) is 0.417. The third-order valence-corrected chi connectivity index (χ3v) is 8.01. The molecule has 12 heteroatoms. The molecule has 1 aliphatic heterocycles. The van der Waals surface area contributed by atoms with Crippen molar-refractivity contribution >= 4 is 46.9 Å². The summed E-state index contributed by atoms with van der Waals surface area (Å²) in [4.78, 5) is 76.4. The Morgan fingerprint density at radius 3 is 2.18 bits per heavy atom. The van der Waals surface area contributed by atoms with Crippen LogP contribution in [0.4, 0.5) is 11.4 Å². The number of nitrogens with one attached hydrogen (secondary N) is 4. The smallest absolute Gasteiger partial charge is 0.302 e. The van der Waals surface area contributed by atoms with Gasteiger partial charge in [-0.25, -0.2) is 0 Å². The SMILES string of the molecule is CC(=O)OCc1ccc(NC(=O)CNC(=O)C(NC(=O)CCCC(=O)NCCC(=O)N2Cc3ccccc3C#Cc3ccccc32)C(C)C)cc1. The largest absolute Gasteiger partial charge is 0.461 e. The Bertz CT molecular complexity index is 1810. The van der Waals surface area contributed by atoms with Gasteiger partial charge in [-0.15, -0.1) is 0 Å². The lowest BCUT2D eigenvalue weighted by atomic mass is 10.0. The highest BCUT2D eigenvalue weighted by molar-refractivity contribution is 5.97. The summed E-state index contributed by atoms with van der Waals surface area (Å²) in [5.41, 5.74) is 4.54. The number of hydrogen-bond acceptors (Lipinski definition) is 7. The number of carbonyl (C=O) groups is 6. The minimum atomic E-state index is -0.878. The first kappa shape index (κ1) is 37.9. The van der Waals surface area contributed by atoms with Gasteiger partial charge >= 0.3 is 5.97 Å². The van der Waals surface area contributed by atoms with E-state index in [1.54, 1.807) is 43.0 Å². The molecular formula is C39H43N5O7. The topological polar surface area (TPSA) is 163 Å². The molecule has 4 N–H and O–H groups in total. The Morgan fingerprint density at radius 1 is 0.784 bits per heavy atom. The van der Waals surface area contributed by atoms with Crippen molar-refractivity contribution in [2.75, 3.05) is 23.3 Å². The van der Waals surface area contributed by atoms with Gasteiger partial charge < -0.3 is 30.9 Å². The van der Waals surface area contributed by atoms with Crippen molar-refractivity contribution in [2.24, 2.45) is 5.92 Å². The monoisotopic (exact) mass is 693 g/mol. The van der Waals surface area contributed by atoms with E-state index in [1.807, 2.05) is 48.5 Å². The maximum Gasteiger partial charge on any atom is 0.302 e. The molecule has 3 aromatic rings. The standard InChI is InChI=1S/C39H43N5O7/c1-26(2)38(39(50)41-23-36(48)42-32-19-15-28(16-20-32)25-51-27(3)45)43-35(47)14-8-13-34(46)40-22-21-37(49)44-24-31-11-5-4-9-29(31)17-18-30-10-6-7-12-33(30)44/h4-7,9-12,15-16,19-20,26,38H,8,13-14,21-25H2,1-3H3,(H,40,46)(H,41,50)(H,42,48)(H,43,47). The molecule has 0 aliphatic carbocycles. The van der Waals surface area contributed by atoms with Crippen LogP contribution in [-0.4, -0.2) is 54.6 Å². The molecule has 5 amide bonds. The summed E-state index contributed by atoms with van der Waals surface area (Å²) in [7, 11) is 0. The van der Waals surface area contributed by atoms with Crippen molar-refractivity contribution in [1.29, 1.82) is 0 Å². The molecule has 0 saturated carbocycles. The number of rotatable bonds is 15. The fraction of sp³-hybridized carbons (Fsp3) is 0.333. The molecule has 1 atom stereocenters. The lowest BCUT2D eigenvalue weighted by Crippen LogP contribution is -2.51. The number of para-hydroxylation sites is 1. The van der Waals surface area contributed by atoms with E-state index in [1.165, 1.54) is 6.92 Å². The van der Waals surface area contributed by atoms with Crippen molar-refractivity contribution in [2.45, 2.75) is 65.6 Å². The number of fused-ring (bicyclic) bond motifs is 2. The van der Waals surface area contributed by atoms with Crippen LogP contribution in [0, 0.1) is 17.8 Å². The molecule has 0 fully saturated rings. The predicted molar refractivity (Wildman–Crippen MR) is 192 cm³/mol. The van der Waals surface area contributed by atoms with E-state index in [2.05, 4.69) is 33.1 Å². The fourth-order valence-electron chi connectivity index (χ4n) is 5.28. The van der Waals surface area contributed by atoms with Gasteiger partial charge in [0.15, 0.2) is 0 Å². The zero-order chi connectivity index (χ0) is 36.8. The first-order chi connectivity index (χ1) is 24.5. The fourth-order valence-corrected chi connectivity index (χ4v) is 5.28. The number of esters is 1. The van der Waals surface area contributed by atoms with E-state index in [4.69, 9.17) is 4.74 Å². The molecule has 12 nitrogen and oxygen atoms in total. The van der Waals surface area contributed by atoms with Crippen LogP contribution in [0.25, 0.3) is 0 Å². The molecule has 51 heavy (non-hydrogen) atoms. The first-order valence-corrected chi connectivity index (χ1v) is 16.9. The van der Waals surface area contributed by atoms with Crippen LogP contribution in [0.3, 0.4) is 0 Å².